The SMILES string of the molecule is O=C(O)c1ccc2c(c1)CC(NS(=O)(=O)c1cccc(F)c1)CN2. The van der Waals surface area contributed by atoms with E-state index in [0.717, 1.165) is 11.8 Å². The van der Waals surface area contributed by atoms with Crippen LogP contribution in [0.2, 0.25) is 0 Å². The number of carboxylic acid groups (broad SMARTS) is 1. The summed E-state index contributed by atoms with van der Waals surface area (Å²) in [5.41, 5.74) is 1.64. The number of halogens is 1. The standard InChI is InChI=1S/C16H15FN2O4S/c17-12-2-1-3-14(8-12)24(22,23)19-13-7-11-6-10(16(20)21)4-5-15(11)18-9-13/h1-6,8,13,18-19H,7,9H2,(H,20,21). The van der Waals surface area contributed by atoms with Gasteiger partial charge in [-0.05, 0) is 48.4 Å². The van der Waals surface area contributed by atoms with Crippen LogP contribution in [0.4, 0.5) is 10.1 Å². The summed E-state index contributed by atoms with van der Waals surface area (Å²) in [6.07, 6.45) is 0.345. The van der Waals surface area contributed by atoms with Crippen LogP contribution >= 0.6 is 0 Å². The predicted octanol–water partition coefficient (Wildman–Crippen LogP) is 1.84. The van der Waals surface area contributed by atoms with Crippen LogP contribution in [0.15, 0.2) is 47.4 Å². The Kier molecular flexibility index (Phi) is 4.25. The molecule has 24 heavy (non-hydrogen) atoms. The number of benzene rings is 2. The van der Waals surface area contributed by atoms with Gasteiger partial charge in [0.2, 0.25) is 10.0 Å². The van der Waals surface area contributed by atoms with Gasteiger partial charge in [-0.25, -0.2) is 22.3 Å². The maximum atomic E-state index is 13.2. The zero-order valence-corrected chi connectivity index (χ0v) is 13.3. The highest BCUT2D eigenvalue weighted by atomic mass is 32.2. The van der Waals surface area contributed by atoms with E-state index in [1.807, 2.05) is 0 Å². The first-order valence-corrected chi connectivity index (χ1v) is 8.71. The topological polar surface area (TPSA) is 95.5 Å². The molecular formula is C16H15FN2O4S. The predicted molar refractivity (Wildman–Crippen MR) is 86.1 cm³/mol. The van der Waals surface area contributed by atoms with Crippen molar-refractivity contribution in [1.29, 1.82) is 0 Å². The van der Waals surface area contributed by atoms with E-state index in [-0.39, 0.29) is 10.5 Å². The molecule has 3 rings (SSSR count). The first-order valence-electron chi connectivity index (χ1n) is 7.23. The number of hydrogen-bond acceptors (Lipinski definition) is 4. The molecule has 1 atom stereocenters. The number of carboxylic acids is 1. The van der Waals surface area contributed by atoms with Gasteiger partial charge in [0.25, 0.3) is 0 Å². The third kappa shape index (κ3) is 3.39. The zero-order valence-electron chi connectivity index (χ0n) is 12.5. The monoisotopic (exact) mass is 350 g/mol. The highest BCUT2D eigenvalue weighted by molar-refractivity contribution is 7.89. The molecule has 0 saturated carbocycles. The molecule has 0 spiro atoms. The van der Waals surface area contributed by atoms with Crippen LogP contribution in [-0.2, 0) is 16.4 Å². The zero-order chi connectivity index (χ0) is 17.3. The van der Waals surface area contributed by atoms with E-state index in [1.165, 1.54) is 30.3 Å². The van der Waals surface area contributed by atoms with Crippen molar-refractivity contribution in [1.82, 2.24) is 4.72 Å². The van der Waals surface area contributed by atoms with Crippen molar-refractivity contribution in [3.05, 3.63) is 59.4 Å². The molecule has 0 amide bonds. The van der Waals surface area contributed by atoms with Gasteiger partial charge >= 0.3 is 5.97 Å². The lowest BCUT2D eigenvalue weighted by atomic mass is 9.98. The molecule has 6 nitrogen and oxygen atoms in total. The van der Waals surface area contributed by atoms with Crippen LogP contribution in [0.3, 0.4) is 0 Å². The fourth-order valence-electron chi connectivity index (χ4n) is 2.64. The molecule has 0 saturated heterocycles. The average Bonchev–Trinajstić information content (AvgIpc) is 2.53. The second-order valence-electron chi connectivity index (χ2n) is 5.54. The second-order valence-corrected chi connectivity index (χ2v) is 7.25. The van der Waals surface area contributed by atoms with Crippen LogP contribution in [0.5, 0.6) is 0 Å². The van der Waals surface area contributed by atoms with Crippen molar-refractivity contribution in [3.8, 4) is 0 Å². The highest BCUT2D eigenvalue weighted by Crippen LogP contribution is 2.24. The highest BCUT2D eigenvalue weighted by Gasteiger charge is 2.25. The Morgan fingerprint density at radius 2 is 2.04 bits per heavy atom. The van der Waals surface area contributed by atoms with Gasteiger partial charge in [-0.2, -0.15) is 0 Å². The number of nitrogens with one attached hydrogen (secondary N) is 2. The Labute approximate surface area is 138 Å². The Morgan fingerprint density at radius 3 is 2.75 bits per heavy atom. The molecular weight excluding hydrogens is 335 g/mol. The summed E-state index contributed by atoms with van der Waals surface area (Å²) >= 11 is 0. The molecule has 1 aliphatic heterocycles. The fourth-order valence-corrected chi connectivity index (χ4v) is 3.91. The first kappa shape index (κ1) is 16.4. The molecule has 0 aromatic heterocycles. The minimum absolute atomic E-state index is 0.143. The molecule has 8 heteroatoms. The molecule has 0 radical (unpaired) electrons. The molecule has 2 aromatic rings. The summed E-state index contributed by atoms with van der Waals surface area (Å²) < 4.78 is 40.4. The maximum Gasteiger partial charge on any atom is 0.335 e. The van der Waals surface area contributed by atoms with E-state index < -0.39 is 27.9 Å². The fraction of sp³-hybridized carbons (Fsp3) is 0.188. The van der Waals surface area contributed by atoms with E-state index in [0.29, 0.717) is 18.5 Å². The van der Waals surface area contributed by atoms with E-state index in [4.69, 9.17) is 5.11 Å². The third-order valence-electron chi connectivity index (χ3n) is 3.79. The van der Waals surface area contributed by atoms with E-state index in [9.17, 15) is 17.6 Å². The van der Waals surface area contributed by atoms with Gasteiger partial charge < -0.3 is 10.4 Å². The molecule has 2 aromatic carbocycles. The van der Waals surface area contributed by atoms with Crippen molar-refractivity contribution in [3.63, 3.8) is 0 Å². The van der Waals surface area contributed by atoms with Gasteiger partial charge in [0.1, 0.15) is 5.82 Å². The normalized spacial score (nSPS) is 17.0. The second kappa shape index (κ2) is 6.21. The maximum absolute atomic E-state index is 13.2. The molecule has 0 bridgehead atoms. The molecule has 1 unspecified atom stereocenters. The Bertz CT molecular complexity index is 899. The molecule has 126 valence electrons. The summed E-state index contributed by atoms with van der Waals surface area (Å²) in [5.74, 6) is -1.67. The number of carbonyl (C=O) groups is 1. The van der Waals surface area contributed by atoms with Crippen LogP contribution < -0.4 is 10.0 Å². The number of fused-ring (bicyclic) bond motifs is 1. The molecule has 1 aliphatic rings. The number of anilines is 1. The van der Waals surface area contributed by atoms with E-state index in [1.54, 1.807) is 6.07 Å². The van der Waals surface area contributed by atoms with Crippen molar-refractivity contribution in [2.75, 3.05) is 11.9 Å². The Hall–Kier alpha value is -2.45. The smallest absolute Gasteiger partial charge is 0.335 e. The van der Waals surface area contributed by atoms with E-state index >= 15 is 0 Å². The minimum atomic E-state index is -3.86. The van der Waals surface area contributed by atoms with Crippen LogP contribution in [0.25, 0.3) is 0 Å². The van der Waals surface area contributed by atoms with Crippen LogP contribution in [0, 0.1) is 5.82 Å². The number of sulfonamides is 1. The summed E-state index contributed by atoms with van der Waals surface area (Å²) in [4.78, 5) is 10.9. The van der Waals surface area contributed by atoms with E-state index in [2.05, 4.69) is 10.0 Å². The quantitative estimate of drug-likeness (QED) is 0.782. The van der Waals surface area contributed by atoms with Gasteiger partial charge in [-0.15, -0.1) is 0 Å². The first-order chi connectivity index (χ1) is 11.3. The van der Waals surface area contributed by atoms with Gasteiger partial charge in [0.05, 0.1) is 10.5 Å². The molecule has 0 aliphatic carbocycles. The third-order valence-corrected chi connectivity index (χ3v) is 5.30. The average molecular weight is 350 g/mol. The number of rotatable bonds is 4. The van der Waals surface area contributed by atoms with Gasteiger partial charge in [-0.3, -0.25) is 0 Å². The van der Waals surface area contributed by atoms with Crippen molar-refractivity contribution >= 4 is 21.7 Å². The van der Waals surface area contributed by atoms with Crippen molar-refractivity contribution < 1.29 is 22.7 Å². The number of hydrogen-bond donors (Lipinski definition) is 3. The Balaban J connectivity index is 1.80. The van der Waals surface area contributed by atoms with Crippen LogP contribution in [0.1, 0.15) is 15.9 Å². The van der Waals surface area contributed by atoms with Crippen molar-refractivity contribution in [2.45, 2.75) is 17.4 Å². The molecule has 0 fully saturated rings. The summed E-state index contributed by atoms with van der Waals surface area (Å²) in [6.45, 7) is 0.355. The summed E-state index contributed by atoms with van der Waals surface area (Å²) in [6, 6.07) is 8.99. The summed E-state index contributed by atoms with van der Waals surface area (Å²) in [5, 5.41) is 12.1. The molecule has 3 N–H and O–H groups in total. The molecule has 1 heterocycles. The van der Waals surface area contributed by atoms with Gasteiger partial charge in [0, 0.05) is 18.3 Å². The van der Waals surface area contributed by atoms with Crippen molar-refractivity contribution in [2.24, 2.45) is 0 Å². The summed E-state index contributed by atoms with van der Waals surface area (Å²) in [7, 11) is -3.86. The lowest BCUT2D eigenvalue weighted by molar-refractivity contribution is 0.0696. The minimum Gasteiger partial charge on any atom is -0.478 e. The lowest BCUT2D eigenvalue weighted by Gasteiger charge is -2.27. The number of aromatic carboxylic acids is 1. The lowest BCUT2D eigenvalue weighted by Crippen LogP contribution is -2.43. The van der Waals surface area contributed by atoms with Crippen LogP contribution in [-0.4, -0.2) is 32.1 Å². The van der Waals surface area contributed by atoms with Gasteiger partial charge in [-0.1, -0.05) is 6.07 Å². The Morgan fingerprint density at radius 1 is 1.25 bits per heavy atom. The largest absolute Gasteiger partial charge is 0.478 e. The van der Waals surface area contributed by atoms with Gasteiger partial charge in [0.15, 0.2) is 0 Å².